The molecule has 2 heterocycles. The second-order valence-corrected chi connectivity index (χ2v) is 11.8. The number of amides is 2. The first-order valence-corrected chi connectivity index (χ1v) is 14.8. The van der Waals surface area contributed by atoms with Crippen molar-refractivity contribution in [2.75, 3.05) is 39.2 Å². The molecule has 0 aliphatic carbocycles. The fourth-order valence-electron chi connectivity index (χ4n) is 5.12. The Morgan fingerprint density at radius 1 is 1.19 bits per heavy atom. The van der Waals surface area contributed by atoms with Crippen molar-refractivity contribution in [3.63, 3.8) is 0 Å². The molecule has 0 fully saturated rings. The van der Waals surface area contributed by atoms with Gasteiger partial charge in [-0.3, -0.25) is 14.5 Å². The molecule has 4 aromatic rings. The molecule has 3 atom stereocenters. The number of likely N-dealkylation sites (N-methyl/N-ethyl adjacent to an activating group) is 1. The maximum atomic E-state index is 13.8. The number of ether oxygens (including phenoxy) is 2. The summed E-state index contributed by atoms with van der Waals surface area (Å²) < 4.78 is 12.8. The van der Waals surface area contributed by atoms with Gasteiger partial charge in [0.25, 0.3) is 11.8 Å². The molecule has 0 bridgehead atoms. The van der Waals surface area contributed by atoms with Gasteiger partial charge in [-0.25, -0.2) is 4.98 Å². The van der Waals surface area contributed by atoms with Gasteiger partial charge >= 0.3 is 0 Å². The first-order chi connectivity index (χ1) is 20.3. The zero-order chi connectivity index (χ0) is 29.8. The van der Waals surface area contributed by atoms with Crippen molar-refractivity contribution < 1.29 is 24.2 Å². The Morgan fingerprint density at radius 2 is 1.95 bits per heavy atom. The number of aliphatic hydroxyl groups excluding tert-OH is 1. The summed E-state index contributed by atoms with van der Waals surface area (Å²) in [5.74, 6) is 0.436. The molecule has 1 aliphatic heterocycles. The molecular formula is C32H36N4O5S. The van der Waals surface area contributed by atoms with Crippen LogP contribution in [0.15, 0.2) is 66.7 Å². The third-order valence-electron chi connectivity index (χ3n) is 7.53. The van der Waals surface area contributed by atoms with E-state index >= 15 is 0 Å². The van der Waals surface area contributed by atoms with Crippen molar-refractivity contribution in [1.82, 2.24) is 14.8 Å². The van der Waals surface area contributed by atoms with Gasteiger partial charge < -0.3 is 24.8 Å². The van der Waals surface area contributed by atoms with E-state index in [0.717, 1.165) is 21.5 Å². The summed E-state index contributed by atoms with van der Waals surface area (Å²) in [5.41, 5.74) is 2.63. The van der Waals surface area contributed by atoms with Gasteiger partial charge in [0.1, 0.15) is 11.9 Å². The highest BCUT2D eigenvalue weighted by molar-refractivity contribution is 7.20. The number of hydrogen-bond donors (Lipinski definition) is 2. The van der Waals surface area contributed by atoms with E-state index in [1.165, 1.54) is 11.3 Å². The number of benzene rings is 3. The molecule has 0 spiro atoms. The SMILES string of the molecule is COc1ccc(CN(C)C[C@H]2Oc3c(NC(=O)c4nc5ccccc5s4)cccc3C(=O)N([C@H](C)CO)C[C@@H]2C)cc1. The summed E-state index contributed by atoms with van der Waals surface area (Å²) in [5, 5.41) is 13.2. The minimum atomic E-state index is -0.385. The zero-order valence-electron chi connectivity index (χ0n) is 24.2. The number of methoxy groups -OCH3 is 1. The van der Waals surface area contributed by atoms with E-state index < -0.39 is 0 Å². The first kappa shape index (κ1) is 29.5. The Hall–Kier alpha value is -3.99. The molecule has 10 heteroatoms. The van der Waals surface area contributed by atoms with Crippen LogP contribution in [-0.2, 0) is 6.54 Å². The van der Waals surface area contributed by atoms with E-state index in [2.05, 4.69) is 15.2 Å². The van der Waals surface area contributed by atoms with E-state index in [1.54, 1.807) is 30.2 Å². The summed E-state index contributed by atoms with van der Waals surface area (Å²) in [6.45, 7) is 5.39. The Morgan fingerprint density at radius 3 is 2.67 bits per heavy atom. The number of fused-ring (bicyclic) bond motifs is 2. The maximum absolute atomic E-state index is 13.8. The highest BCUT2D eigenvalue weighted by Crippen LogP contribution is 2.35. The van der Waals surface area contributed by atoms with Crippen molar-refractivity contribution in [3.8, 4) is 11.5 Å². The maximum Gasteiger partial charge on any atom is 0.284 e. The van der Waals surface area contributed by atoms with Crippen LogP contribution in [0.4, 0.5) is 5.69 Å². The van der Waals surface area contributed by atoms with Crippen LogP contribution in [0.2, 0.25) is 0 Å². The average Bonchev–Trinajstić information content (AvgIpc) is 3.44. The minimum Gasteiger partial charge on any atom is -0.497 e. The molecule has 1 aliphatic rings. The van der Waals surface area contributed by atoms with Crippen LogP contribution in [0.5, 0.6) is 11.5 Å². The molecule has 5 rings (SSSR count). The quantitative estimate of drug-likeness (QED) is 0.286. The van der Waals surface area contributed by atoms with Gasteiger partial charge in [0.15, 0.2) is 10.8 Å². The standard InChI is InChI=1S/C32H36N4O5S/c1-20-16-36(21(2)19-37)32(39)24-8-7-10-26(33-30(38)31-34-25-9-5-6-11-28(25)42-31)29(24)41-27(20)18-35(3)17-22-12-14-23(40-4)15-13-22/h5-15,20-21,27,37H,16-19H2,1-4H3,(H,33,38)/t20-,21+,27+/m0/s1. The molecule has 0 saturated carbocycles. The number of thiazole rings is 1. The number of aliphatic hydroxyl groups is 1. The van der Waals surface area contributed by atoms with E-state index in [4.69, 9.17) is 9.47 Å². The monoisotopic (exact) mass is 588 g/mol. The molecule has 3 aromatic carbocycles. The molecular weight excluding hydrogens is 552 g/mol. The Balaban J connectivity index is 1.45. The van der Waals surface area contributed by atoms with E-state index in [9.17, 15) is 14.7 Å². The van der Waals surface area contributed by atoms with Crippen LogP contribution in [0, 0.1) is 5.92 Å². The normalized spacial score (nSPS) is 17.8. The van der Waals surface area contributed by atoms with E-state index in [0.29, 0.717) is 41.6 Å². The van der Waals surface area contributed by atoms with Crippen LogP contribution in [-0.4, -0.2) is 77.7 Å². The molecule has 2 N–H and O–H groups in total. The number of nitrogens with one attached hydrogen (secondary N) is 1. The highest BCUT2D eigenvalue weighted by atomic mass is 32.1. The lowest BCUT2D eigenvalue weighted by molar-refractivity contribution is 0.0343. The highest BCUT2D eigenvalue weighted by Gasteiger charge is 2.34. The van der Waals surface area contributed by atoms with Gasteiger partial charge in [-0.2, -0.15) is 0 Å². The number of carbonyl (C=O) groups excluding carboxylic acids is 2. The van der Waals surface area contributed by atoms with Gasteiger partial charge in [0.05, 0.1) is 41.2 Å². The molecule has 0 saturated heterocycles. The first-order valence-electron chi connectivity index (χ1n) is 14.0. The second kappa shape index (κ2) is 12.9. The topological polar surface area (TPSA) is 104 Å². The van der Waals surface area contributed by atoms with Gasteiger partial charge in [-0.1, -0.05) is 37.3 Å². The van der Waals surface area contributed by atoms with Gasteiger partial charge in [-0.05, 0) is 55.9 Å². The molecule has 0 radical (unpaired) electrons. The van der Waals surface area contributed by atoms with Gasteiger partial charge in [0.2, 0.25) is 0 Å². The number of carbonyl (C=O) groups is 2. The van der Waals surface area contributed by atoms with Crippen molar-refractivity contribution in [2.45, 2.75) is 32.5 Å². The lowest BCUT2D eigenvalue weighted by Gasteiger charge is -2.38. The Labute approximate surface area is 249 Å². The lowest BCUT2D eigenvalue weighted by Crippen LogP contribution is -2.49. The molecule has 1 aromatic heterocycles. The number of para-hydroxylation sites is 2. The fraction of sp³-hybridized carbons (Fsp3) is 0.344. The number of aromatic nitrogens is 1. The lowest BCUT2D eigenvalue weighted by atomic mass is 9.98. The molecule has 9 nitrogen and oxygen atoms in total. The number of nitrogens with zero attached hydrogens (tertiary/aromatic N) is 3. The zero-order valence-corrected chi connectivity index (χ0v) is 25.1. The summed E-state index contributed by atoms with van der Waals surface area (Å²) in [6.07, 6.45) is -0.311. The average molecular weight is 589 g/mol. The largest absolute Gasteiger partial charge is 0.497 e. The van der Waals surface area contributed by atoms with Crippen molar-refractivity contribution in [3.05, 3.63) is 82.9 Å². The second-order valence-electron chi connectivity index (χ2n) is 10.8. The van der Waals surface area contributed by atoms with Crippen molar-refractivity contribution in [2.24, 2.45) is 5.92 Å². The van der Waals surface area contributed by atoms with Crippen LogP contribution in [0.1, 0.15) is 39.6 Å². The number of hydrogen-bond acceptors (Lipinski definition) is 8. The molecule has 220 valence electrons. The fourth-order valence-corrected chi connectivity index (χ4v) is 5.98. The number of rotatable bonds is 9. The predicted octanol–water partition coefficient (Wildman–Crippen LogP) is 4.91. The van der Waals surface area contributed by atoms with Crippen LogP contribution in [0.25, 0.3) is 10.2 Å². The van der Waals surface area contributed by atoms with Crippen molar-refractivity contribution >= 4 is 39.1 Å². The smallest absolute Gasteiger partial charge is 0.284 e. The van der Waals surface area contributed by atoms with Crippen LogP contribution >= 0.6 is 11.3 Å². The van der Waals surface area contributed by atoms with Gasteiger partial charge in [-0.15, -0.1) is 11.3 Å². The summed E-state index contributed by atoms with van der Waals surface area (Å²) >= 11 is 1.31. The van der Waals surface area contributed by atoms with E-state index in [1.807, 2.05) is 69.4 Å². The Kier molecular flexibility index (Phi) is 9.06. The summed E-state index contributed by atoms with van der Waals surface area (Å²) in [6, 6.07) is 20.3. The summed E-state index contributed by atoms with van der Waals surface area (Å²) in [7, 11) is 3.67. The molecule has 0 unspecified atom stereocenters. The third kappa shape index (κ3) is 6.41. The third-order valence-corrected chi connectivity index (χ3v) is 8.57. The van der Waals surface area contributed by atoms with Crippen LogP contribution in [0.3, 0.4) is 0 Å². The molecule has 2 amide bonds. The summed E-state index contributed by atoms with van der Waals surface area (Å²) in [4.78, 5) is 35.5. The van der Waals surface area contributed by atoms with Crippen molar-refractivity contribution in [1.29, 1.82) is 0 Å². The molecule has 42 heavy (non-hydrogen) atoms. The van der Waals surface area contributed by atoms with E-state index in [-0.39, 0.29) is 36.5 Å². The minimum absolute atomic E-state index is 0.0672. The number of anilines is 1. The predicted molar refractivity (Wildman–Crippen MR) is 165 cm³/mol. The van der Waals surface area contributed by atoms with Gasteiger partial charge in [0, 0.05) is 25.6 Å². The Bertz CT molecular complexity index is 1520. The van der Waals surface area contributed by atoms with Crippen LogP contribution < -0.4 is 14.8 Å².